The van der Waals surface area contributed by atoms with Gasteiger partial charge in [0.1, 0.15) is 5.75 Å². The Labute approximate surface area is 122 Å². The zero-order chi connectivity index (χ0) is 16.1. The first-order valence-corrected chi connectivity index (χ1v) is 6.38. The molecular weight excluding hydrogens is 304 g/mol. The van der Waals surface area contributed by atoms with Crippen LogP contribution < -0.4 is 4.74 Å². The standard InChI is InChI=1S/C15H10F4O3/c16-13(17)15(18,19)14(21)7-11(20)10-6-5-8-3-1-2-4-9(8)12(10)22-14/h1-6,13,21H,7H2. The molecule has 2 aromatic rings. The molecule has 0 amide bonds. The zero-order valence-electron chi connectivity index (χ0n) is 11.0. The Balaban J connectivity index is 2.19. The van der Waals surface area contributed by atoms with E-state index in [-0.39, 0.29) is 16.7 Å². The summed E-state index contributed by atoms with van der Waals surface area (Å²) in [5.41, 5.74) is -0.0200. The van der Waals surface area contributed by atoms with Crippen molar-refractivity contribution in [2.45, 2.75) is 24.6 Å². The number of hydrogen-bond acceptors (Lipinski definition) is 3. The second-order valence-electron chi connectivity index (χ2n) is 5.07. The molecule has 0 aliphatic carbocycles. The van der Waals surface area contributed by atoms with Crippen molar-refractivity contribution in [1.29, 1.82) is 0 Å². The van der Waals surface area contributed by atoms with E-state index >= 15 is 0 Å². The fourth-order valence-corrected chi connectivity index (χ4v) is 2.45. The van der Waals surface area contributed by atoms with Crippen molar-refractivity contribution in [1.82, 2.24) is 0 Å². The molecule has 3 rings (SSSR count). The Bertz CT molecular complexity index is 760. The molecule has 1 aliphatic rings. The van der Waals surface area contributed by atoms with E-state index in [1.165, 1.54) is 12.1 Å². The maximum absolute atomic E-state index is 13.6. The van der Waals surface area contributed by atoms with Gasteiger partial charge in [-0.1, -0.05) is 30.3 Å². The van der Waals surface area contributed by atoms with Gasteiger partial charge in [0.2, 0.25) is 0 Å². The van der Waals surface area contributed by atoms with Crippen LogP contribution in [-0.2, 0) is 0 Å². The lowest BCUT2D eigenvalue weighted by Crippen LogP contribution is -2.59. The van der Waals surface area contributed by atoms with Crippen LogP contribution in [0.5, 0.6) is 5.75 Å². The lowest BCUT2D eigenvalue weighted by Gasteiger charge is -2.38. The number of alkyl halides is 4. The minimum Gasteiger partial charge on any atom is -0.454 e. The Morgan fingerprint density at radius 3 is 2.55 bits per heavy atom. The first-order chi connectivity index (χ1) is 10.3. The fourth-order valence-electron chi connectivity index (χ4n) is 2.45. The number of carbonyl (C=O) groups excluding carboxylic acids is 1. The molecule has 2 aromatic carbocycles. The Morgan fingerprint density at radius 2 is 1.86 bits per heavy atom. The lowest BCUT2D eigenvalue weighted by molar-refractivity contribution is -0.315. The van der Waals surface area contributed by atoms with Gasteiger partial charge in [-0.05, 0) is 11.5 Å². The first kappa shape index (κ1) is 14.8. The summed E-state index contributed by atoms with van der Waals surface area (Å²) in [4.78, 5) is 12.0. The van der Waals surface area contributed by atoms with Gasteiger partial charge in [-0.15, -0.1) is 0 Å². The highest BCUT2D eigenvalue weighted by Crippen LogP contribution is 2.45. The highest BCUT2D eigenvalue weighted by atomic mass is 19.3. The van der Waals surface area contributed by atoms with Gasteiger partial charge in [-0.2, -0.15) is 8.78 Å². The van der Waals surface area contributed by atoms with Gasteiger partial charge in [0.25, 0.3) is 5.79 Å². The van der Waals surface area contributed by atoms with Gasteiger partial charge in [0.05, 0.1) is 12.0 Å². The van der Waals surface area contributed by atoms with E-state index < -0.39 is 30.3 Å². The van der Waals surface area contributed by atoms with Crippen LogP contribution in [-0.4, -0.2) is 29.0 Å². The molecule has 0 radical (unpaired) electrons. The van der Waals surface area contributed by atoms with Crippen LogP contribution in [0.3, 0.4) is 0 Å². The molecule has 0 aromatic heterocycles. The number of Topliss-reactive ketones (excluding diaryl/α,β-unsaturated/α-hetero) is 1. The van der Waals surface area contributed by atoms with Gasteiger partial charge >= 0.3 is 12.3 Å². The van der Waals surface area contributed by atoms with Crippen LogP contribution in [0.15, 0.2) is 36.4 Å². The summed E-state index contributed by atoms with van der Waals surface area (Å²) in [6, 6.07) is 9.34. The van der Waals surface area contributed by atoms with Crippen molar-refractivity contribution in [3.8, 4) is 5.75 Å². The van der Waals surface area contributed by atoms with E-state index in [1.54, 1.807) is 24.3 Å². The van der Waals surface area contributed by atoms with E-state index in [4.69, 9.17) is 4.74 Å². The summed E-state index contributed by atoms with van der Waals surface area (Å²) >= 11 is 0. The average molecular weight is 314 g/mol. The lowest BCUT2D eigenvalue weighted by atomic mass is 9.92. The highest BCUT2D eigenvalue weighted by molar-refractivity contribution is 6.06. The molecule has 1 atom stereocenters. The van der Waals surface area contributed by atoms with Crippen molar-refractivity contribution in [3.63, 3.8) is 0 Å². The van der Waals surface area contributed by atoms with E-state index in [0.717, 1.165) is 0 Å². The van der Waals surface area contributed by atoms with E-state index in [9.17, 15) is 27.5 Å². The molecule has 0 fully saturated rings. The number of rotatable bonds is 2. The number of ether oxygens (including phenoxy) is 1. The van der Waals surface area contributed by atoms with E-state index in [1.807, 2.05) is 0 Å². The van der Waals surface area contributed by atoms with Gasteiger partial charge < -0.3 is 9.84 Å². The summed E-state index contributed by atoms with van der Waals surface area (Å²) in [5.74, 6) is -9.64. The number of ketones is 1. The number of aliphatic hydroxyl groups is 1. The first-order valence-electron chi connectivity index (χ1n) is 6.38. The zero-order valence-corrected chi connectivity index (χ0v) is 11.0. The molecule has 1 N–H and O–H groups in total. The molecule has 1 heterocycles. The molecule has 0 saturated heterocycles. The Kier molecular flexibility index (Phi) is 3.14. The smallest absolute Gasteiger partial charge is 0.371 e. The van der Waals surface area contributed by atoms with Crippen molar-refractivity contribution in [2.75, 3.05) is 0 Å². The minimum atomic E-state index is -4.88. The predicted molar refractivity (Wildman–Crippen MR) is 69.4 cm³/mol. The third-order valence-corrected chi connectivity index (χ3v) is 3.65. The summed E-state index contributed by atoms with van der Waals surface area (Å²) in [6.07, 6.45) is -5.41. The second kappa shape index (κ2) is 4.67. The SMILES string of the molecule is O=C1CC(O)(C(F)(F)C(F)F)Oc2c1ccc1ccccc21. The van der Waals surface area contributed by atoms with Crippen molar-refractivity contribution in [2.24, 2.45) is 0 Å². The molecule has 116 valence electrons. The Hall–Kier alpha value is -2.15. The topological polar surface area (TPSA) is 46.5 Å². The molecule has 0 saturated carbocycles. The second-order valence-corrected chi connectivity index (χ2v) is 5.07. The molecule has 7 heteroatoms. The summed E-state index contributed by atoms with van der Waals surface area (Å²) < 4.78 is 57.2. The van der Waals surface area contributed by atoms with Gasteiger partial charge in [-0.3, -0.25) is 4.79 Å². The predicted octanol–water partition coefficient (Wildman–Crippen LogP) is 3.39. The van der Waals surface area contributed by atoms with Crippen LogP contribution in [0.2, 0.25) is 0 Å². The maximum Gasteiger partial charge on any atom is 0.371 e. The number of fused-ring (bicyclic) bond motifs is 3. The normalized spacial score (nSPS) is 21.8. The van der Waals surface area contributed by atoms with Crippen LogP contribution >= 0.6 is 0 Å². The molecule has 0 bridgehead atoms. The van der Waals surface area contributed by atoms with Crippen LogP contribution in [0.1, 0.15) is 16.8 Å². The highest BCUT2D eigenvalue weighted by Gasteiger charge is 2.64. The van der Waals surface area contributed by atoms with Gasteiger partial charge in [0, 0.05) is 5.39 Å². The molecule has 1 aliphatic heterocycles. The van der Waals surface area contributed by atoms with E-state index in [2.05, 4.69) is 0 Å². The molecule has 1 unspecified atom stereocenters. The third kappa shape index (κ3) is 1.96. The van der Waals surface area contributed by atoms with Crippen LogP contribution in [0.4, 0.5) is 17.6 Å². The van der Waals surface area contributed by atoms with Crippen LogP contribution in [0.25, 0.3) is 10.8 Å². The Morgan fingerprint density at radius 1 is 1.18 bits per heavy atom. The molecule has 0 spiro atoms. The van der Waals surface area contributed by atoms with Gasteiger partial charge in [0.15, 0.2) is 5.78 Å². The molecule has 22 heavy (non-hydrogen) atoms. The minimum absolute atomic E-state index is 0.0200. The number of hydrogen-bond donors (Lipinski definition) is 1. The number of benzene rings is 2. The van der Waals surface area contributed by atoms with Crippen molar-refractivity contribution in [3.05, 3.63) is 42.0 Å². The number of carbonyl (C=O) groups is 1. The van der Waals surface area contributed by atoms with Gasteiger partial charge in [-0.25, -0.2) is 8.78 Å². The van der Waals surface area contributed by atoms with Crippen molar-refractivity contribution >= 4 is 16.6 Å². The fraction of sp³-hybridized carbons (Fsp3) is 0.267. The van der Waals surface area contributed by atoms with E-state index in [0.29, 0.717) is 5.39 Å². The summed E-state index contributed by atoms with van der Waals surface area (Å²) in [5, 5.41) is 10.7. The summed E-state index contributed by atoms with van der Waals surface area (Å²) in [6.45, 7) is 0. The quantitative estimate of drug-likeness (QED) is 0.864. The molecule has 3 nitrogen and oxygen atoms in total. The largest absolute Gasteiger partial charge is 0.454 e. The monoisotopic (exact) mass is 314 g/mol. The van der Waals surface area contributed by atoms with Crippen molar-refractivity contribution < 1.29 is 32.2 Å². The maximum atomic E-state index is 13.6. The average Bonchev–Trinajstić information content (AvgIpc) is 2.46. The molecular formula is C15H10F4O3. The number of halogens is 4. The summed E-state index contributed by atoms with van der Waals surface area (Å²) in [7, 11) is 0. The third-order valence-electron chi connectivity index (χ3n) is 3.65. The van der Waals surface area contributed by atoms with Crippen LogP contribution in [0, 0.1) is 0 Å².